The Morgan fingerprint density at radius 1 is 0.755 bits per heavy atom. The fourth-order valence-corrected chi connectivity index (χ4v) is 5.95. The average molecular weight is 720 g/mol. The van der Waals surface area contributed by atoms with Crippen molar-refractivity contribution in [2.75, 3.05) is 13.2 Å². The molecule has 1 atom stereocenters. The van der Waals surface area contributed by atoms with Gasteiger partial charge in [-0.05, 0) is 67.8 Å². The van der Waals surface area contributed by atoms with Crippen LogP contribution in [0, 0.1) is 0 Å². The van der Waals surface area contributed by atoms with Crippen LogP contribution in [0.4, 0.5) is 0 Å². The van der Waals surface area contributed by atoms with Gasteiger partial charge >= 0.3 is 11.9 Å². The number of amides is 1. The van der Waals surface area contributed by atoms with E-state index in [1.807, 2.05) is 66.7 Å². The summed E-state index contributed by atoms with van der Waals surface area (Å²) in [5.41, 5.74) is 5.81. The number of hydrogen-bond acceptors (Lipinski definition) is 6. The predicted octanol–water partition coefficient (Wildman–Crippen LogP) is 9.89. The topological polar surface area (TPSA) is 131 Å². The van der Waals surface area contributed by atoms with Gasteiger partial charge < -0.3 is 24.9 Å². The zero-order chi connectivity index (χ0) is 37.8. The van der Waals surface area contributed by atoms with Crippen LogP contribution in [0.15, 0.2) is 84.9 Å². The molecule has 0 saturated carbocycles. The maximum absolute atomic E-state index is 12.7. The monoisotopic (exact) mass is 719 g/mol. The number of carboxylic acids is 1. The van der Waals surface area contributed by atoms with Crippen LogP contribution < -0.4 is 10.1 Å². The summed E-state index contributed by atoms with van der Waals surface area (Å²) < 4.78 is 10.3. The quantitative estimate of drug-likeness (QED) is 0.0419. The molecule has 280 valence electrons. The van der Waals surface area contributed by atoms with Crippen LogP contribution in [0.5, 0.6) is 5.75 Å². The second kappa shape index (κ2) is 21.8. The van der Waals surface area contributed by atoms with Gasteiger partial charge in [-0.15, -0.1) is 0 Å². The number of aromatic amines is 1. The number of H-pyrrole nitrogens is 1. The molecule has 53 heavy (non-hydrogen) atoms. The number of aliphatic carboxylic acids is 1. The Morgan fingerprint density at radius 2 is 1.32 bits per heavy atom. The van der Waals surface area contributed by atoms with Crippen molar-refractivity contribution in [2.45, 2.75) is 91.0 Å². The van der Waals surface area contributed by atoms with Crippen LogP contribution in [-0.2, 0) is 19.1 Å². The molecule has 0 fully saturated rings. The third kappa shape index (κ3) is 13.9. The Kier molecular flexibility index (Phi) is 16.6. The van der Waals surface area contributed by atoms with Crippen molar-refractivity contribution in [3.63, 3.8) is 0 Å². The molecule has 1 amide bonds. The average Bonchev–Trinajstić information content (AvgIpc) is 3.61. The highest BCUT2D eigenvalue weighted by Gasteiger charge is 2.16. The van der Waals surface area contributed by atoms with Crippen LogP contribution in [0.25, 0.3) is 46.1 Å². The minimum atomic E-state index is -1.05. The van der Waals surface area contributed by atoms with E-state index >= 15 is 0 Å². The van der Waals surface area contributed by atoms with Gasteiger partial charge in [0.2, 0.25) is 5.91 Å². The molecule has 9 nitrogen and oxygen atoms in total. The molecular weight excluding hydrogens is 666 g/mol. The van der Waals surface area contributed by atoms with Crippen LogP contribution in [0.1, 0.15) is 96.1 Å². The van der Waals surface area contributed by atoms with E-state index < -0.39 is 18.5 Å². The number of imidazole rings is 1. The van der Waals surface area contributed by atoms with E-state index in [1.54, 1.807) is 31.2 Å². The fourth-order valence-electron chi connectivity index (χ4n) is 5.95. The molecule has 0 bridgehead atoms. The number of nitrogens with zero attached hydrogens (tertiary/aromatic N) is 1. The number of benzene rings is 3. The summed E-state index contributed by atoms with van der Waals surface area (Å²) in [5.74, 6) is -0.447. The summed E-state index contributed by atoms with van der Waals surface area (Å²) >= 11 is 0. The first-order chi connectivity index (χ1) is 25.7. The van der Waals surface area contributed by atoms with Gasteiger partial charge in [0.25, 0.3) is 0 Å². The third-order valence-electron chi connectivity index (χ3n) is 8.83. The molecular formula is C44H53N3O6. The largest absolute Gasteiger partial charge is 0.482 e. The highest BCUT2D eigenvalue weighted by Crippen LogP contribution is 2.34. The lowest BCUT2D eigenvalue weighted by atomic mass is 10.0. The number of unbranched alkanes of at least 4 members (excludes halogenated alkanes) is 8. The number of esters is 1. The Labute approximate surface area is 313 Å². The van der Waals surface area contributed by atoms with Gasteiger partial charge in [0.15, 0.2) is 6.61 Å². The second-order valence-electron chi connectivity index (χ2n) is 13.2. The van der Waals surface area contributed by atoms with Crippen molar-refractivity contribution in [3.8, 4) is 39.7 Å². The number of carboxylic acid groups (broad SMARTS) is 1. The van der Waals surface area contributed by atoms with Crippen LogP contribution in [-0.4, -0.2) is 52.2 Å². The van der Waals surface area contributed by atoms with Crippen molar-refractivity contribution in [3.05, 3.63) is 96.1 Å². The van der Waals surface area contributed by atoms with E-state index in [9.17, 15) is 14.4 Å². The van der Waals surface area contributed by atoms with E-state index in [-0.39, 0.29) is 11.9 Å². The third-order valence-corrected chi connectivity index (χ3v) is 8.83. The Bertz CT molecular complexity index is 1790. The number of hydrogen-bond donors (Lipinski definition) is 3. The summed E-state index contributed by atoms with van der Waals surface area (Å²) in [7, 11) is 0. The molecule has 9 heteroatoms. The maximum Gasteiger partial charge on any atom is 0.341 e. The summed E-state index contributed by atoms with van der Waals surface area (Å²) in [4.78, 5) is 43.8. The first-order valence-electron chi connectivity index (χ1n) is 18.8. The first kappa shape index (κ1) is 40.3. The number of nitrogens with one attached hydrogen (secondary N) is 2. The maximum atomic E-state index is 12.7. The molecule has 1 unspecified atom stereocenters. The number of carbonyl (C=O) groups is 3. The number of aromatic nitrogens is 2. The van der Waals surface area contributed by atoms with E-state index in [2.05, 4.69) is 24.1 Å². The zero-order valence-corrected chi connectivity index (χ0v) is 31.2. The lowest BCUT2D eigenvalue weighted by molar-refractivity contribution is -0.139. The molecule has 4 aromatic rings. The van der Waals surface area contributed by atoms with Gasteiger partial charge in [-0.3, -0.25) is 4.79 Å². The van der Waals surface area contributed by atoms with Crippen molar-refractivity contribution in [1.82, 2.24) is 15.3 Å². The predicted molar refractivity (Wildman–Crippen MR) is 212 cm³/mol. The lowest BCUT2D eigenvalue weighted by Gasteiger charge is -2.12. The molecule has 0 aliphatic heterocycles. The fraction of sp³-hybridized carbons (Fsp3) is 0.364. The normalized spacial score (nSPS) is 11.9. The smallest absolute Gasteiger partial charge is 0.341 e. The lowest BCUT2D eigenvalue weighted by Crippen LogP contribution is -2.30. The van der Waals surface area contributed by atoms with Crippen LogP contribution in [0.3, 0.4) is 0 Å². The Balaban J connectivity index is 1.42. The van der Waals surface area contributed by atoms with Crippen LogP contribution in [0.2, 0.25) is 0 Å². The van der Waals surface area contributed by atoms with Crippen molar-refractivity contribution in [2.24, 2.45) is 0 Å². The van der Waals surface area contributed by atoms with Gasteiger partial charge in [0, 0.05) is 34.9 Å². The van der Waals surface area contributed by atoms with Crippen molar-refractivity contribution < 1.29 is 29.0 Å². The minimum absolute atomic E-state index is 0.101. The second-order valence-corrected chi connectivity index (χ2v) is 13.2. The van der Waals surface area contributed by atoms with E-state index in [0.29, 0.717) is 23.9 Å². The SMILES string of the molecule is CCCCCCCCCCCC(C)NC(=O)/C=C/c1ccc(-c2[nH]c(-c3ccc(/C=C/C(=O)OCC)cc3)nc2-c2ccc(OCC(=O)O)cc2)cc1. The zero-order valence-electron chi connectivity index (χ0n) is 31.2. The van der Waals surface area contributed by atoms with E-state index in [0.717, 1.165) is 46.4 Å². The number of ether oxygens (including phenoxy) is 2. The van der Waals surface area contributed by atoms with E-state index in [1.165, 1.54) is 57.4 Å². The van der Waals surface area contributed by atoms with Gasteiger partial charge in [0.1, 0.15) is 11.6 Å². The summed E-state index contributed by atoms with van der Waals surface area (Å²) in [6.07, 6.45) is 19.1. The number of rotatable bonds is 22. The molecule has 1 heterocycles. The molecule has 0 radical (unpaired) electrons. The summed E-state index contributed by atoms with van der Waals surface area (Å²) in [5, 5.41) is 12.1. The highest BCUT2D eigenvalue weighted by molar-refractivity contribution is 5.92. The molecule has 0 spiro atoms. The summed E-state index contributed by atoms with van der Waals surface area (Å²) in [6, 6.07) is 22.8. The molecule has 3 aromatic carbocycles. The highest BCUT2D eigenvalue weighted by atomic mass is 16.5. The molecule has 3 N–H and O–H groups in total. The standard InChI is InChI=1S/C44H53N3O6/c1-4-6-7-8-9-10-11-12-13-14-32(3)45-39(48)29-19-33-15-21-35(22-16-33)42-43(36-25-27-38(28-26-36)53-31-40(49)50)47-44(46-42)37-23-17-34(18-24-37)20-30-41(51)52-5-2/h15-30,32H,4-14,31H2,1-3H3,(H,45,48)(H,46,47)(H,49,50)/b29-19+,30-20+. The van der Waals surface area contributed by atoms with Gasteiger partial charge in [-0.2, -0.15) is 0 Å². The molecule has 1 aromatic heterocycles. The molecule has 4 rings (SSSR count). The minimum Gasteiger partial charge on any atom is -0.482 e. The van der Waals surface area contributed by atoms with Gasteiger partial charge in [-0.25, -0.2) is 14.6 Å². The first-order valence-corrected chi connectivity index (χ1v) is 18.8. The van der Waals surface area contributed by atoms with Crippen molar-refractivity contribution >= 4 is 30.0 Å². The Hall–Kier alpha value is -5.44. The Morgan fingerprint density at radius 3 is 1.92 bits per heavy atom. The van der Waals surface area contributed by atoms with Crippen molar-refractivity contribution in [1.29, 1.82) is 0 Å². The number of carbonyl (C=O) groups excluding carboxylic acids is 2. The summed E-state index contributed by atoms with van der Waals surface area (Å²) in [6.45, 7) is 5.97. The molecule has 0 aliphatic carbocycles. The van der Waals surface area contributed by atoms with E-state index in [4.69, 9.17) is 19.6 Å². The van der Waals surface area contributed by atoms with Gasteiger partial charge in [0.05, 0.1) is 18.0 Å². The molecule has 0 saturated heterocycles. The molecule has 0 aliphatic rings. The van der Waals surface area contributed by atoms with Crippen LogP contribution >= 0.6 is 0 Å². The van der Waals surface area contributed by atoms with Gasteiger partial charge in [-0.1, -0.05) is 113 Å².